The Hall–Kier alpha value is -3.27. The van der Waals surface area contributed by atoms with E-state index in [4.69, 9.17) is 36.1 Å². The Balaban J connectivity index is 1.10. The van der Waals surface area contributed by atoms with Crippen LogP contribution in [0, 0.1) is 0 Å². The zero-order valence-electron chi connectivity index (χ0n) is 20.7. The lowest BCUT2D eigenvalue weighted by atomic mass is 10.1. The summed E-state index contributed by atoms with van der Waals surface area (Å²) in [4.78, 5) is 55.3. The largest absolute Gasteiger partial charge is 0.387 e. The van der Waals surface area contributed by atoms with Crippen LogP contribution in [0.4, 0.5) is 14.7 Å². The van der Waals surface area contributed by atoms with Gasteiger partial charge in [-0.3, -0.25) is 28.2 Å². The molecule has 4 aromatic rings. The van der Waals surface area contributed by atoms with Crippen LogP contribution in [0.1, 0.15) is 12.5 Å². The van der Waals surface area contributed by atoms with E-state index >= 15 is 8.78 Å². The van der Waals surface area contributed by atoms with Gasteiger partial charge in [0.2, 0.25) is 5.95 Å². The van der Waals surface area contributed by atoms with E-state index in [0.717, 1.165) is 28.1 Å². The zero-order valence-corrected chi connectivity index (χ0v) is 22.4. The van der Waals surface area contributed by atoms with Gasteiger partial charge in [-0.1, -0.05) is 0 Å². The number of hydrogen-bond donors (Lipinski definition) is 6. The quantitative estimate of drug-likeness (QED) is 0.121. The van der Waals surface area contributed by atoms with E-state index in [1.165, 1.54) is 0 Å². The molecule has 0 amide bonds. The molecule has 22 heteroatoms. The molecule has 1 aliphatic carbocycles. The van der Waals surface area contributed by atoms with Gasteiger partial charge in [0, 0.05) is 0 Å². The molecule has 6 heterocycles. The van der Waals surface area contributed by atoms with Crippen LogP contribution in [0.25, 0.3) is 22.3 Å². The number of H-pyrrole nitrogens is 2. The maximum absolute atomic E-state index is 15.7. The van der Waals surface area contributed by atoms with Crippen molar-refractivity contribution in [3.05, 3.63) is 39.7 Å². The summed E-state index contributed by atoms with van der Waals surface area (Å²) in [5, 5.41) is 20.6. The topological polar surface area (TPSA) is 251 Å². The van der Waals surface area contributed by atoms with E-state index in [1.807, 2.05) is 0 Å². The number of alkyl halides is 2. The Morgan fingerprint density at radius 2 is 1.81 bits per heavy atom. The molecular formula is C20H20F2N9O9PS. The van der Waals surface area contributed by atoms with E-state index in [-0.39, 0.29) is 28.3 Å². The fraction of sp³-hybridized carbons (Fsp3) is 0.500. The molecule has 42 heavy (non-hydrogen) atoms. The molecule has 1 saturated carbocycles. The number of nitrogens with zero attached hydrogens (tertiary/aromatic N) is 6. The second kappa shape index (κ2) is 9.36. The van der Waals surface area contributed by atoms with Crippen LogP contribution in [0.15, 0.2) is 28.6 Å². The molecule has 224 valence electrons. The summed E-state index contributed by atoms with van der Waals surface area (Å²) in [6.07, 6.45) is -9.52. The normalized spacial score (nSPS) is 35.5. The van der Waals surface area contributed by atoms with E-state index < -0.39 is 79.3 Å². The fourth-order valence-electron chi connectivity index (χ4n) is 5.21. The first kappa shape index (κ1) is 27.6. The molecule has 0 spiro atoms. The SMILES string of the molecule is Nc1nc2c(ncn2[C@@H]2O[C@@H]3C(O)[C@@]3(F)[C@H]2OP(O)(=S)OC[C@H]2O[C@@H](n3cnc4c(=O)[nH]cnc43)[C@@H](F)[C@@H]2O)c(=O)[nH]1. The molecule has 2 unspecified atom stereocenters. The van der Waals surface area contributed by atoms with Crippen molar-refractivity contribution < 1.29 is 42.4 Å². The number of imidazole rings is 2. The number of aromatic amines is 2. The van der Waals surface area contributed by atoms with Gasteiger partial charge in [-0.2, -0.15) is 4.98 Å². The maximum atomic E-state index is 15.7. The van der Waals surface area contributed by atoms with Gasteiger partial charge < -0.3 is 39.8 Å². The lowest BCUT2D eigenvalue weighted by Crippen LogP contribution is -2.36. The van der Waals surface area contributed by atoms with Crippen molar-refractivity contribution in [3.8, 4) is 0 Å². The van der Waals surface area contributed by atoms with Crippen molar-refractivity contribution in [2.75, 3.05) is 12.3 Å². The molecule has 0 bridgehead atoms. The fourth-order valence-corrected chi connectivity index (χ4v) is 6.62. The minimum absolute atomic E-state index is 0.000831. The average Bonchev–Trinajstić information content (AvgIpc) is 3.47. The number of aromatic nitrogens is 8. The average molecular weight is 631 g/mol. The lowest BCUT2D eigenvalue weighted by Gasteiger charge is -2.29. The Morgan fingerprint density at radius 1 is 1.12 bits per heavy atom. The molecule has 18 nitrogen and oxygen atoms in total. The molecule has 2 aliphatic heterocycles. The van der Waals surface area contributed by atoms with Gasteiger partial charge in [-0.05, 0) is 11.8 Å². The number of halogens is 2. The summed E-state index contributed by atoms with van der Waals surface area (Å²) in [7, 11) is 0. The molecule has 4 aromatic heterocycles. The van der Waals surface area contributed by atoms with Gasteiger partial charge in [0.25, 0.3) is 11.1 Å². The van der Waals surface area contributed by atoms with Gasteiger partial charge in [0.1, 0.15) is 24.4 Å². The highest BCUT2D eigenvalue weighted by Crippen LogP contribution is 2.62. The van der Waals surface area contributed by atoms with Crippen LogP contribution in [0.2, 0.25) is 0 Å². The number of rotatable bonds is 7. The van der Waals surface area contributed by atoms with Gasteiger partial charge in [-0.15, -0.1) is 0 Å². The summed E-state index contributed by atoms with van der Waals surface area (Å²) >= 11 is 5.06. The number of anilines is 1. The number of nitrogen functional groups attached to an aromatic ring is 1. The first-order valence-corrected chi connectivity index (χ1v) is 14.8. The third-order valence-electron chi connectivity index (χ3n) is 7.35. The summed E-state index contributed by atoms with van der Waals surface area (Å²) in [6, 6.07) is 0. The standard InChI is InChI=1S/C20H20F2N9O9PS/c21-6-9(32)5(38-17(6)30-3-26-7-13(30)24-2-25-15(7)34)1-37-41(36,42)40-12-18(39-11-10(33)20(11,12)22)31-4-27-8-14(31)28-19(23)29-16(8)35/h2-6,9-12,17-18,32-33H,1H2,(H,36,42)(H,24,25,34)(H3,23,28,29,35)/t5-,6+,9-,10?,11-,12+,17-,18-,20+,41?/m1/s1. The predicted molar refractivity (Wildman–Crippen MR) is 137 cm³/mol. The predicted octanol–water partition coefficient (Wildman–Crippen LogP) is -1.97. The second-order valence-electron chi connectivity index (χ2n) is 9.84. The molecule has 0 aromatic carbocycles. The lowest BCUT2D eigenvalue weighted by molar-refractivity contribution is -0.0794. The Kier molecular flexibility index (Phi) is 6.14. The van der Waals surface area contributed by atoms with Crippen LogP contribution in [-0.2, 0) is 30.3 Å². The molecule has 2 saturated heterocycles. The molecule has 7 rings (SSSR count). The molecule has 0 radical (unpaired) electrons. The summed E-state index contributed by atoms with van der Waals surface area (Å²) in [5.74, 6) is -0.258. The van der Waals surface area contributed by atoms with Crippen molar-refractivity contribution in [1.29, 1.82) is 0 Å². The minimum Gasteiger partial charge on any atom is -0.387 e. The number of aliphatic hydroxyl groups excluding tert-OH is 2. The van der Waals surface area contributed by atoms with E-state index in [1.54, 1.807) is 0 Å². The van der Waals surface area contributed by atoms with E-state index in [2.05, 4.69) is 29.9 Å². The first-order chi connectivity index (χ1) is 19.9. The Morgan fingerprint density at radius 3 is 2.55 bits per heavy atom. The van der Waals surface area contributed by atoms with Crippen LogP contribution in [0.5, 0.6) is 0 Å². The van der Waals surface area contributed by atoms with Crippen molar-refractivity contribution in [1.82, 2.24) is 39.0 Å². The van der Waals surface area contributed by atoms with Gasteiger partial charge in [-0.25, -0.2) is 23.7 Å². The van der Waals surface area contributed by atoms with E-state index in [9.17, 15) is 24.7 Å². The Bertz CT molecular complexity index is 1890. The summed E-state index contributed by atoms with van der Waals surface area (Å²) < 4.78 is 55.0. The minimum atomic E-state index is -4.40. The summed E-state index contributed by atoms with van der Waals surface area (Å²) in [5.41, 5.74) is 1.55. The molecule has 3 aliphatic rings. The molecule has 7 N–H and O–H groups in total. The number of ether oxygens (including phenoxy) is 2. The number of nitrogens with two attached hydrogens (primary N) is 1. The van der Waals surface area contributed by atoms with Gasteiger partial charge >= 0.3 is 6.72 Å². The zero-order chi connectivity index (χ0) is 29.7. The highest BCUT2D eigenvalue weighted by molar-refractivity contribution is 8.07. The molecular weight excluding hydrogens is 611 g/mol. The number of hydrogen-bond acceptors (Lipinski definition) is 14. The van der Waals surface area contributed by atoms with Crippen LogP contribution in [-0.4, -0.2) is 103 Å². The van der Waals surface area contributed by atoms with Crippen LogP contribution < -0.4 is 16.9 Å². The van der Waals surface area contributed by atoms with Gasteiger partial charge in [0.15, 0.2) is 52.7 Å². The van der Waals surface area contributed by atoms with Crippen LogP contribution >= 0.6 is 6.72 Å². The van der Waals surface area contributed by atoms with Gasteiger partial charge in [0.05, 0.1) is 25.6 Å². The van der Waals surface area contributed by atoms with Crippen molar-refractivity contribution in [2.24, 2.45) is 0 Å². The maximum Gasteiger partial charge on any atom is 0.325 e. The number of aliphatic hydroxyl groups is 2. The third kappa shape index (κ3) is 4.04. The van der Waals surface area contributed by atoms with E-state index in [0.29, 0.717) is 0 Å². The number of nitrogens with one attached hydrogen (secondary N) is 2. The number of fused-ring (bicyclic) bond motifs is 3. The highest BCUT2D eigenvalue weighted by Gasteiger charge is 2.80. The molecule has 10 atom stereocenters. The first-order valence-electron chi connectivity index (χ1n) is 12.2. The smallest absolute Gasteiger partial charge is 0.325 e. The monoisotopic (exact) mass is 631 g/mol. The third-order valence-corrected chi connectivity index (χ3v) is 8.90. The molecule has 3 fully saturated rings. The van der Waals surface area contributed by atoms with Crippen molar-refractivity contribution in [2.45, 2.75) is 54.8 Å². The second-order valence-corrected chi connectivity index (χ2v) is 12.6. The Labute approximate surface area is 235 Å². The van der Waals surface area contributed by atoms with Crippen LogP contribution in [0.3, 0.4) is 0 Å². The summed E-state index contributed by atoms with van der Waals surface area (Å²) in [6.45, 7) is -5.10. The van der Waals surface area contributed by atoms with Crippen molar-refractivity contribution >= 4 is 46.8 Å². The van der Waals surface area contributed by atoms with Crippen molar-refractivity contribution in [3.63, 3.8) is 0 Å². The highest BCUT2D eigenvalue weighted by atomic mass is 32.5.